The van der Waals surface area contributed by atoms with Crippen LogP contribution in [-0.2, 0) is 4.74 Å². The molecule has 168 valence electrons. The molecule has 5 heteroatoms. The van der Waals surface area contributed by atoms with Gasteiger partial charge in [0.1, 0.15) is 0 Å². The predicted octanol–water partition coefficient (Wildman–Crippen LogP) is 2.66. The Morgan fingerprint density at radius 3 is 1.97 bits per heavy atom. The molecule has 0 unspecified atom stereocenters. The Balaban J connectivity index is 1.09. The zero-order chi connectivity index (χ0) is 19.9. The average molecular weight is 407 g/mol. The van der Waals surface area contributed by atoms with Crippen LogP contribution in [0.15, 0.2) is 0 Å². The molecular weight excluding hydrogens is 360 g/mol. The third kappa shape index (κ3) is 6.90. The van der Waals surface area contributed by atoms with Crippen LogP contribution in [0.4, 0.5) is 0 Å². The molecule has 1 atom stereocenters. The van der Waals surface area contributed by atoms with Crippen molar-refractivity contribution in [3.8, 4) is 0 Å². The Kier molecular flexibility index (Phi) is 8.67. The molecule has 4 fully saturated rings. The summed E-state index contributed by atoms with van der Waals surface area (Å²) >= 11 is 0. The summed E-state index contributed by atoms with van der Waals surface area (Å²) in [5.74, 6) is 1.82. The highest BCUT2D eigenvalue weighted by molar-refractivity contribution is 4.82. The van der Waals surface area contributed by atoms with E-state index in [1.165, 1.54) is 110 Å². The maximum Gasteiger partial charge on any atom is 0.0603 e. The first-order valence-electron chi connectivity index (χ1n) is 12.8. The second-order valence-corrected chi connectivity index (χ2v) is 10.2. The van der Waals surface area contributed by atoms with Crippen LogP contribution in [0.3, 0.4) is 0 Å². The van der Waals surface area contributed by atoms with E-state index in [1.54, 1.807) is 0 Å². The van der Waals surface area contributed by atoms with E-state index in [-0.39, 0.29) is 0 Å². The minimum atomic E-state index is 0.527. The van der Waals surface area contributed by atoms with Crippen LogP contribution >= 0.6 is 0 Å². The maximum absolute atomic E-state index is 6.41. The second-order valence-electron chi connectivity index (χ2n) is 10.2. The number of ether oxygens (including phenoxy) is 1. The van der Waals surface area contributed by atoms with Crippen LogP contribution < -0.4 is 5.32 Å². The van der Waals surface area contributed by atoms with Crippen molar-refractivity contribution in [2.24, 2.45) is 11.8 Å². The maximum atomic E-state index is 6.41. The number of piperazine rings is 1. The van der Waals surface area contributed by atoms with Gasteiger partial charge in [0.25, 0.3) is 0 Å². The molecule has 3 heterocycles. The van der Waals surface area contributed by atoms with Gasteiger partial charge in [0, 0.05) is 45.8 Å². The fourth-order valence-electron chi connectivity index (χ4n) is 6.13. The summed E-state index contributed by atoms with van der Waals surface area (Å²) in [6.07, 6.45) is 11.7. The van der Waals surface area contributed by atoms with Gasteiger partial charge in [-0.2, -0.15) is 0 Å². The normalized spacial score (nSPS) is 34.4. The molecular formula is C24H46N4O. The molecule has 3 aliphatic heterocycles. The van der Waals surface area contributed by atoms with Crippen LogP contribution in [0, 0.1) is 11.8 Å². The molecule has 0 spiro atoms. The zero-order valence-corrected chi connectivity index (χ0v) is 19.0. The third-order valence-electron chi connectivity index (χ3n) is 8.01. The summed E-state index contributed by atoms with van der Waals surface area (Å²) in [5, 5.41) is 3.44. The SMILES string of the molecule is CCN1CCC[C@H](CN2CCN(CC3CCC(OC4CCNCC4)CC3)CC2)C1. The summed E-state index contributed by atoms with van der Waals surface area (Å²) in [4.78, 5) is 8.16. The summed E-state index contributed by atoms with van der Waals surface area (Å²) in [6, 6.07) is 0. The highest BCUT2D eigenvalue weighted by Crippen LogP contribution is 2.29. The van der Waals surface area contributed by atoms with Crippen molar-refractivity contribution in [2.75, 3.05) is 72.0 Å². The highest BCUT2D eigenvalue weighted by Gasteiger charge is 2.28. The van der Waals surface area contributed by atoms with Crippen molar-refractivity contribution in [2.45, 2.75) is 70.5 Å². The lowest BCUT2D eigenvalue weighted by Gasteiger charge is -2.41. The number of likely N-dealkylation sites (tertiary alicyclic amines) is 1. The lowest BCUT2D eigenvalue weighted by molar-refractivity contribution is -0.0503. The third-order valence-corrected chi connectivity index (χ3v) is 8.01. The van der Waals surface area contributed by atoms with E-state index in [2.05, 4.69) is 26.9 Å². The van der Waals surface area contributed by atoms with Crippen LogP contribution in [-0.4, -0.2) is 98.9 Å². The molecule has 0 amide bonds. The smallest absolute Gasteiger partial charge is 0.0603 e. The van der Waals surface area contributed by atoms with Gasteiger partial charge >= 0.3 is 0 Å². The fraction of sp³-hybridized carbons (Fsp3) is 1.00. The summed E-state index contributed by atoms with van der Waals surface area (Å²) in [6.45, 7) is 16.3. The van der Waals surface area contributed by atoms with Gasteiger partial charge in [-0.3, -0.25) is 0 Å². The fourth-order valence-corrected chi connectivity index (χ4v) is 6.13. The Bertz CT molecular complexity index is 454. The second kappa shape index (κ2) is 11.4. The molecule has 29 heavy (non-hydrogen) atoms. The Labute approximate surface area is 179 Å². The minimum absolute atomic E-state index is 0.527. The monoisotopic (exact) mass is 406 g/mol. The first-order chi connectivity index (χ1) is 14.3. The molecule has 0 aromatic carbocycles. The molecule has 4 rings (SSSR count). The first-order valence-corrected chi connectivity index (χ1v) is 12.8. The van der Waals surface area contributed by atoms with Crippen molar-refractivity contribution < 1.29 is 4.74 Å². The van der Waals surface area contributed by atoms with Crippen molar-refractivity contribution in [1.29, 1.82) is 0 Å². The molecule has 3 saturated heterocycles. The van der Waals surface area contributed by atoms with E-state index in [1.807, 2.05) is 0 Å². The van der Waals surface area contributed by atoms with Crippen molar-refractivity contribution in [3.63, 3.8) is 0 Å². The number of piperidine rings is 2. The van der Waals surface area contributed by atoms with Gasteiger partial charge in [0.05, 0.1) is 12.2 Å². The quantitative estimate of drug-likeness (QED) is 0.702. The highest BCUT2D eigenvalue weighted by atomic mass is 16.5. The van der Waals surface area contributed by atoms with Gasteiger partial charge in [0.2, 0.25) is 0 Å². The van der Waals surface area contributed by atoms with E-state index < -0.39 is 0 Å². The number of rotatable bonds is 7. The topological polar surface area (TPSA) is 31.0 Å². The largest absolute Gasteiger partial charge is 0.375 e. The van der Waals surface area contributed by atoms with Gasteiger partial charge < -0.3 is 24.8 Å². The van der Waals surface area contributed by atoms with Gasteiger partial charge in [0.15, 0.2) is 0 Å². The molecule has 0 aromatic heterocycles. The van der Waals surface area contributed by atoms with E-state index in [9.17, 15) is 0 Å². The van der Waals surface area contributed by atoms with Crippen molar-refractivity contribution in [3.05, 3.63) is 0 Å². The average Bonchev–Trinajstić information content (AvgIpc) is 2.77. The molecule has 0 bridgehead atoms. The molecule has 0 radical (unpaired) electrons. The minimum Gasteiger partial charge on any atom is -0.375 e. The van der Waals surface area contributed by atoms with E-state index in [4.69, 9.17) is 4.74 Å². The molecule has 1 aliphatic carbocycles. The number of nitrogens with zero attached hydrogens (tertiary/aromatic N) is 3. The van der Waals surface area contributed by atoms with Gasteiger partial charge in [-0.25, -0.2) is 0 Å². The lowest BCUT2D eigenvalue weighted by Crippen LogP contribution is -2.50. The predicted molar refractivity (Wildman–Crippen MR) is 120 cm³/mol. The van der Waals surface area contributed by atoms with Gasteiger partial charge in [-0.1, -0.05) is 6.92 Å². The van der Waals surface area contributed by atoms with E-state index >= 15 is 0 Å². The number of hydrogen-bond acceptors (Lipinski definition) is 5. The Morgan fingerprint density at radius 1 is 0.690 bits per heavy atom. The van der Waals surface area contributed by atoms with Crippen molar-refractivity contribution >= 4 is 0 Å². The number of hydrogen-bond donors (Lipinski definition) is 1. The molecule has 1 N–H and O–H groups in total. The van der Waals surface area contributed by atoms with Crippen molar-refractivity contribution in [1.82, 2.24) is 20.0 Å². The van der Waals surface area contributed by atoms with Gasteiger partial charge in [-0.05, 0) is 89.4 Å². The Hall–Kier alpha value is -0.200. The van der Waals surface area contributed by atoms with Crippen LogP contribution in [0.1, 0.15) is 58.3 Å². The van der Waals surface area contributed by atoms with E-state index in [0.29, 0.717) is 12.2 Å². The zero-order valence-electron chi connectivity index (χ0n) is 19.0. The van der Waals surface area contributed by atoms with Crippen LogP contribution in [0.2, 0.25) is 0 Å². The molecule has 4 aliphatic rings. The van der Waals surface area contributed by atoms with Crippen LogP contribution in [0.25, 0.3) is 0 Å². The standard InChI is InChI=1S/C24H46N4O/c1-2-26-13-3-4-22(19-26)20-28-16-14-27(15-17-28)18-21-5-7-23(8-6-21)29-24-9-11-25-12-10-24/h21-25H,2-20H2,1H3/t21?,22-,23?/m0/s1. The Morgan fingerprint density at radius 2 is 1.31 bits per heavy atom. The van der Waals surface area contributed by atoms with Gasteiger partial charge in [-0.15, -0.1) is 0 Å². The van der Waals surface area contributed by atoms with Crippen LogP contribution in [0.5, 0.6) is 0 Å². The summed E-state index contributed by atoms with van der Waals surface area (Å²) < 4.78 is 6.41. The summed E-state index contributed by atoms with van der Waals surface area (Å²) in [7, 11) is 0. The summed E-state index contributed by atoms with van der Waals surface area (Å²) in [5.41, 5.74) is 0. The molecule has 5 nitrogen and oxygen atoms in total. The molecule has 1 saturated carbocycles. The first kappa shape index (κ1) is 22.0. The molecule has 0 aromatic rings. The number of nitrogens with one attached hydrogen (secondary N) is 1. The van der Waals surface area contributed by atoms with E-state index in [0.717, 1.165) is 24.9 Å². The lowest BCUT2D eigenvalue weighted by atomic mass is 9.86.